The molecule has 0 saturated heterocycles. The van der Waals surface area contributed by atoms with E-state index >= 15 is 0 Å². The third-order valence-corrected chi connectivity index (χ3v) is 4.23. The standard InChI is InChI=1S/C12H12ClN3O4S/c1-8-2-3-10(13)11(4-8)15-21(19,20)9-5-14-16(6-9)7-12(17)18/h2-6,15H,7H2,1H3,(H,17,18). The Hall–Kier alpha value is -2.06. The molecular formula is C12H12ClN3O4S. The lowest BCUT2D eigenvalue weighted by molar-refractivity contribution is -0.137. The molecule has 112 valence electrons. The zero-order valence-electron chi connectivity index (χ0n) is 10.9. The summed E-state index contributed by atoms with van der Waals surface area (Å²) in [6.45, 7) is 1.39. The number of carboxylic acids is 1. The molecule has 9 heteroatoms. The highest BCUT2D eigenvalue weighted by Gasteiger charge is 2.18. The fraction of sp³-hybridized carbons (Fsp3) is 0.167. The fourth-order valence-electron chi connectivity index (χ4n) is 1.63. The number of halogens is 1. The van der Waals surface area contributed by atoms with Crippen molar-refractivity contribution in [2.75, 3.05) is 4.72 Å². The van der Waals surface area contributed by atoms with Crippen LogP contribution in [0.4, 0.5) is 5.69 Å². The predicted octanol–water partition coefficient (Wildman–Crippen LogP) is 1.73. The normalized spacial score (nSPS) is 11.3. The number of aryl methyl sites for hydroxylation is 1. The van der Waals surface area contributed by atoms with E-state index in [1.165, 1.54) is 0 Å². The molecule has 0 atom stereocenters. The summed E-state index contributed by atoms with van der Waals surface area (Å²) in [7, 11) is -3.88. The van der Waals surface area contributed by atoms with Gasteiger partial charge in [-0.1, -0.05) is 17.7 Å². The maximum Gasteiger partial charge on any atom is 0.325 e. The second-order valence-corrected chi connectivity index (χ2v) is 6.45. The first-order valence-electron chi connectivity index (χ1n) is 5.81. The van der Waals surface area contributed by atoms with E-state index in [1.54, 1.807) is 25.1 Å². The van der Waals surface area contributed by atoms with Gasteiger partial charge in [-0.3, -0.25) is 14.2 Å². The molecule has 0 spiro atoms. The molecule has 0 amide bonds. The molecule has 1 aromatic heterocycles. The van der Waals surface area contributed by atoms with Gasteiger partial charge in [-0.15, -0.1) is 0 Å². The number of aromatic nitrogens is 2. The van der Waals surface area contributed by atoms with Crippen molar-refractivity contribution in [2.24, 2.45) is 0 Å². The van der Waals surface area contributed by atoms with Gasteiger partial charge in [-0.05, 0) is 24.6 Å². The van der Waals surface area contributed by atoms with E-state index in [2.05, 4.69) is 9.82 Å². The molecule has 0 saturated carbocycles. The van der Waals surface area contributed by atoms with Gasteiger partial charge >= 0.3 is 5.97 Å². The number of rotatable bonds is 5. The van der Waals surface area contributed by atoms with Gasteiger partial charge in [0.2, 0.25) is 0 Å². The molecule has 0 aliphatic rings. The molecule has 0 fully saturated rings. The second kappa shape index (κ2) is 5.74. The van der Waals surface area contributed by atoms with Crippen LogP contribution in [0.1, 0.15) is 5.56 Å². The first-order chi connectivity index (χ1) is 9.78. The maximum absolute atomic E-state index is 12.2. The van der Waals surface area contributed by atoms with Gasteiger partial charge < -0.3 is 5.11 Å². The van der Waals surface area contributed by atoms with Gasteiger partial charge in [-0.2, -0.15) is 5.10 Å². The van der Waals surface area contributed by atoms with E-state index in [-0.39, 0.29) is 15.6 Å². The fourth-order valence-corrected chi connectivity index (χ4v) is 2.87. The number of hydrogen-bond acceptors (Lipinski definition) is 4. The maximum atomic E-state index is 12.2. The summed E-state index contributed by atoms with van der Waals surface area (Å²) in [6, 6.07) is 4.94. The SMILES string of the molecule is Cc1ccc(Cl)c(NS(=O)(=O)c2cnn(CC(=O)O)c2)c1. The minimum Gasteiger partial charge on any atom is -0.480 e. The van der Waals surface area contributed by atoms with Crippen molar-refractivity contribution in [3.05, 3.63) is 41.2 Å². The van der Waals surface area contributed by atoms with Gasteiger partial charge in [-0.25, -0.2) is 8.42 Å². The average Bonchev–Trinajstić information content (AvgIpc) is 2.82. The van der Waals surface area contributed by atoms with Crippen LogP contribution in [0.5, 0.6) is 0 Å². The van der Waals surface area contributed by atoms with Crippen LogP contribution in [0, 0.1) is 6.92 Å². The largest absolute Gasteiger partial charge is 0.480 e. The minimum absolute atomic E-state index is 0.138. The topological polar surface area (TPSA) is 101 Å². The summed E-state index contributed by atoms with van der Waals surface area (Å²) >= 11 is 5.94. The number of hydrogen-bond donors (Lipinski definition) is 2. The molecule has 0 aliphatic heterocycles. The van der Waals surface area contributed by atoms with Crippen LogP contribution < -0.4 is 4.72 Å². The molecule has 7 nitrogen and oxygen atoms in total. The quantitative estimate of drug-likeness (QED) is 0.869. The van der Waals surface area contributed by atoms with Crippen molar-refractivity contribution in [3.8, 4) is 0 Å². The number of carbonyl (C=O) groups is 1. The molecule has 2 N–H and O–H groups in total. The van der Waals surface area contributed by atoms with Gasteiger partial charge in [0.15, 0.2) is 0 Å². The third kappa shape index (κ3) is 3.73. The highest BCUT2D eigenvalue weighted by Crippen LogP contribution is 2.25. The highest BCUT2D eigenvalue weighted by molar-refractivity contribution is 7.92. The van der Waals surface area contributed by atoms with Crippen molar-refractivity contribution in [2.45, 2.75) is 18.4 Å². The lowest BCUT2D eigenvalue weighted by atomic mass is 10.2. The lowest BCUT2D eigenvalue weighted by Gasteiger charge is -2.08. The Morgan fingerprint density at radius 1 is 1.48 bits per heavy atom. The monoisotopic (exact) mass is 329 g/mol. The van der Waals surface area contributed by atoms with Crippen LogP contribution in [0.2, 0.25) is 5.02 Å². The van der Waals surface area contributed by atoms with Crippen LogP contribution in [0.15, 0.2) is 35.5 Å². The molecule has 1 aromatic carbocycles. The molecule has 2 rings (SSSR count). The lowest BCUT2D eigenvalue weighted by Crippen LogP contribution is -2.13. The van der Waals surface area contributed by atoms with Crippen molar-refractivity contribution in [3.63, 3.8) is 0 Å². The van der Waals surface area contributed by atoms with Crippen LogP contribution in [0.3, 0.4) is 0 Å². The molecule has 0 aliphatic carbocycles. The molecular weight excluding hydrogens is 318 g/mol. The van der Waals surface area contributed by atoms with Crippen LogP contribution in [0.25, 0.3) is 0 Å². The van der Waals surface area contributed by atoms with Crippen molar-refractivity contribution in [1.82, 2.24) is 9.78 Å². The molecule has 0 radical (unpaired) electrons. The number of benzene rings is 1. The Labute approximate surface area is 126 Å². The summed E-state index contributed by atoms with van der Waals surface area (Å²) in [5.41, 5.74) is 1.10. The van der Waals surface area contributed by atoms with Crippen LogP contribution in [-0.4, -0.2) is 29.3 Å². The zero-order chi connectivity index (χ0) is 15.6. The van der Waals surface area contributed by atoms with E-state index < -0.39 is 22.5 Å². The molecule has 0 unspecified atom stereocenters. The summed E-state index contributed by atoms with van der Waals surface area (Å²) in [6.07, 6.45) is 2.22. The number of aliphatic carboxylic acids is 1. The second-order valence-electron chi connectivity index (χ2n) is 4.36. The molecule has 1 heterocycles. The van der Waals surface area contributed by atoms with Crippen LogP contribution in [-0.2, 0) is 21.4 Å². The summed E-state index contributed by atoms with van der Waals surface area (Å²) in [5.74, 6) is -1.11. The van der Waals surface area contributed by atoms with E-state index in [4.69, 9.17) is 16.7 Å². The van der Waals surface area contributed by atoms with E-state index in [0.29, 0.717) is 0 Å². The number of sulfonamides is 1. The Morgan fingerprint density at radius 2 is 2.19 bits per heavy atom. The van der Waals surface area contributed by atoms with Gasteiger partial charge in [0.1, 0.15) is 11.4 Å². The number of carboxylic acid groups (broad SMARTS) is 1. The summed E-state index contributed by atoms with van der Waals surface area (Å²) in [5, 5.41) is 12.6. The van der Waals surface area contributed by atoms with Crippen LogP contribution >= 0.6 is 11.6 Å². The summed E-state index contributed by atoms with van der Waals surface area (Å²) in [4.78, 5) is 10.4. The van der Waals surface area contributed by atoms with Crippen molar-refractivity contribution < 1.29 is 18.3 Å². The van der Waals surface area contributed by atoms with Gasteiger partial charge in [0.25, 0.3) is 10.0 Å². The third-order valence-electron chi connectivity index (χ3n) is 2.58. The zero-order valence-corrected chi connectivity index (χ0v) is 12.5. The average molecular weight is 330 g/mol. The van der Waals surface area contributed by atoms with E-state index in [9.17, 15) is 13.2 Å². The highest BCUT2D eigenvalue weighted by atomic mass is 35.5. The number of nitrogens with one attached hydrogen (secondary N) is 1. The van der Waals surface area contributed by atoms with E-state index in [0.717, 1.165) is 22.6 Å². The first-order valence-corrected chi connectivity index (χ1v) is 7.67. The van der Waals surface area contributed by atoms with E-state index in [1.807, 2.05) is 0 Å². The minimum atomic E-state index is -3.88. The molecule has 21 heavy (non-hydrogen) atoms. The van der Waals surface area contributed by atoms with Gasteiger partial charge in [0, 0.05) is 6.20 Å². The Morgan fingerprint density at radius 3 is 2.86 bits per heavy atom. The van der Waals surface area contributed by atoms with Crippen molar-refractivity contribution in [1.29, 1.82) is 0 Å². The Balaban J connectivity index is 2.28. The molecule has 2 aromatic rings. The molecule has 0 bridgehead atoms. The first kappa shape index (κ1) is 15.3. The number of nitrogens with zero attached hydrogens (tertiary/aromatic N) is 2. The summed E-state index contributed by atoms with van der Waals surface area (Å²) < 4.78 is 27.8. The smallest absolute Gasteiger partial charge is 0.325 e. The predicted molar refractivity (Wildman–Crippen MR) is 76.9 cm³/mol. The Kier molecular flexibility index (Phi) is 4.19. The number of anilines is 1. The van der Waals surface area contributed by atoms with Gasteiger partial charge in [0.05, 0.1) is 16.9 Å². The van der Waals surface area contributed by atoms with Crippen molar-refractivity contribution >= 4 is 33.3 Å². The Bertz CT molecular complexity index is 786.